The number of hydrogen-bond donors (Lipinski definition) is 2. The molecule has 0 spiro atoms. The summed E-state index contributed by atoms with van der Waals surface area (Å²) in [7, 11) is 2.17. The van der Waals surface area contributed by atoms with Crippen LogP contribution in [-0.2, 0) is 0 Å². The van der Waals surface area contributed by atoms with Crippen LogP contribution < -0.4 is 11.1 Å². The Hall–Kier alpha value is -0.900. The molecule has 1 aromatic carbocycles. The van der Waals surface area contributed by atoms with Crippen LogP contribution in [0.15, 0.2) is 18.2 Å². The topological polar surface area (TPSA) is 41.3 Å². The predicted octanol–water partition coefficient (Wildman–Crippen LogP) is 2.02. The summed E-state index contributed by atoms with van der Waals surface area (Å²) in [5, 5.41) is 3.45. The van der Waals surface area contributed by atoms with Crippen molar-refractivity contribution < 1.29 is 0 Å². The number of nitrogens with two attached hydrogens (primary N) is 1. The van der Waals surface area contributed by atoms with Gasteiger partial charge in [0.05, 0.1) is 0 Å². The number of nitrogens with one attached hydrogen (secondary N) is 1. The van der Waals surface area contributed by atoms with Crippen LogP contribution in [0.5, 0.6) is 0 Å². The summed E-state index contributed by atoms with van der Waals surface area (Å²) in [4.78, 5) is 2.38. The van der Waals surface area contributed by atoms with Gasteiger partial charge in [0, 0.05) is 31.7 Å². The highest BCUT2D eigenvalue weighted by Gasteiger charge is 2.27. The van der Waals surface area contributed by atoms with E-state index in [2.05, 4.69) is 56.2 Å². The highest BCUT2D eigenvalue weighted by molar-refractivity contribution is 5.35. The molecule has 3 heteroatoms. The molecule has 1 fully saturated rings. The van der Waals surface area contributed by atoms with E-state index in [0.717, 1.165) is 19.6 Å². The van der Waals surface area contributed by atoms with E-state index >= 15 is 0 Å². The van der Waals surface area contributed by atoms with Gasteiger partial charge in [-0.2, -0.15) is 0 Å². The summed E-state index contributed by atoms with van der Waals surface area (Å²) in [5.74, 6) is 0.550. The van der Waals surface area contributed by atoms with Gasteiger partial charge in [-0.1, -0.05) is 32.0 Å². The third kappa shape index (κ3) is 3.16. The SMILES string of the molecule is Cc1ccc(C(C)C)cc1C(N)C1CNCCN1C. The Morgan fingerprint density at radius 2 is 2.11 bits per heavy atom. The third-order valence-electron chi connectivity index (χ3n) is 4.30. The van der Waals surface area contributed by atoms with Crippen molar-refractivity contribution >= 4 is 0 Å². The quantitative estimate of drug-likeness (QED) is 0.874. The Labute approximate surface area is 117 Å². The van der Waals surface area contributed by atoms with Crippen LogP contribution in [0.2, 0.25) is 0 Å². The van der Waals surface area contributed by atoms with Crippen LogP contribution in [0.4, 0.5) is 0 Å². The number of likely N-dealkylation sites (N-methyl/N-ethyl adjacent to an activating group) is 1. The average Bonchev–Trinajstić information content (AvgIpc) is 2.38. The van der Waals surface area contributed by atoms with Crippen molar-refractivity contribution in [3.05, 3.63) is 34.9 Å². The maximum absolute atomic E-state index is 6.55. The van der Waals surface area contributed by atoms with E-state index in [1.165, 1.54) is 16.7 Å². The molecule has 0 aromatic heterocycles. The maximum atomic E-state index is 6.55. The molecular weight excluding hydrogens is 234 g/mol. The van der Waals surface area contributed by atoms with E-state index < -0.39 is 0 Å². The molecule has 0 bridgehead atoms. The molecule has 0 saturated carbocycles. The molecule has 19 heavy (non-hydrogen) atoms. The zero-order chi connectivity index (χ0) is 14.0. The van der Waals surface area contributed by atoms with E-state index in [9.17, 15) is 0 Å². The molecule has 0 radical (unpaired) electrons. The Kier molecular flexibility index (Phi) is 4.61. The molecule has 2 atom stereocenters. The molecule has 0 aliphatic carbocycles. The first kappa shape index (κ1) is 14.5. The zero-order valence-corrected chi connectivity index (χ0v) is 12.6. The lowest BCUT2D eigenvalue weighted by molar-refractivity contribution is 0.174. The highest BCUT2D eigenvalue weighted by Crippen LogP contribution is 2.26. The molecule has 1 aliphatic heterocycles. The number of rotatable bonds is 3. The number of hydrogen-bond acceptors (Lipinski definition) is 3. The van der Waals surface area contributed by atoms with Gasteiger partial charge in [-0.3, -0.25) is 4.90 Å². The molecule has 106 valence electrons. The van der Waals surface area contributed by atoms with Crippen molar-refractivity contribution in [1.29, 1.82) is 0 Å². The van der Waals surface area contributed by atoms with Crippen LogP contribution >= 0.6 is 0 Å². The molecule has 1 aliphatic rings. The van der Waals surface area contributed by atoms with Crippen molar-refractivity contribution in [3.8, 4) is 0 Å². The van der Waals surface area contributed by atoms with Gasteiger partial charge in [0.1, 0.15) is 0 Å². The molecule has 1 saturated heterocycles. The highest BCUT2D eigenvalue weighted by atomic mass is 15.2. The van der Waals surface area contributed by atoms with E-state index in [0.29, 0.717) is 12.0 Å². The van der Waals surface area contributed by atoms with Gasteiger partial charge in [-0.05, 0) is 36.6 Å². The summed E-state index contributed by atoms with van der Waals surface area (Å²) >= 11 is 0. The minimum atomic E-state index is 0.0801. The zero-order valence-electron chi connectivity index (χ0n) is 12.6. The van der Waals surface area contributed by atoms with E-state index in [4.69, 9.17) is 5.73 Å². The normalized spacial score (nSPS) is 22.7. The molecule has 1 aromatic rings. The van der Waals surface area contributed by atoms with Gasteiger partial charge >= 0.3 is 0 Å². The summed E-state index contributed by atoms with van der Waals surface area (Å²) in [6.07, 6.45) is 0. The van der Waals surface area contributed by atoms with Crippen LogP contribution in [0.1, 0.15) is 42.5 Å². The first-order valence-corrected chi connectivity index (χ1v) is 7.27. The lowest BCUT2D eigenvalue weighted by atomic mass is 9.90. The van der Waals surface area contributed by atoms with Crippen molar-refractivity contribution in [2.24, 2.45) is 5.73 Å². The van der Waals surface area contributed by atoms with Crippen molar-refractivity contribution in [3.63, 3.8) is 0 Å². The Balaban J connectivity index is 2.26. The van der Waals surface area contributed by atoms with Gasteiger partial charge in [-0.25, -0.2) is 0 Å². The molecule has 3 N–H and O–H groups in total. The van der Waals surface area contributed by atoms with Gasteiger partial charge in [-0.15, -0.1) is 0 Å². The van der Waals surface area contributed by atoms with Crippen LogP contribution in [0.25, 0.3) is 0 Å². The first-order chi connectivity index (χ1) is 9.00. The van der Waals surface area contributed by atoms with Crippen molar-refractivity contribution in [2.45, 2.75) is 38.8 Å². The molecular formula is C16H27N3. The summed E-state index contributed by atoms with van der Waals surface area (Å²) in [5.41, 5.74) is 10.5. The second kappa shape index (κ2) is 6.04. The Morgan fingerprint density at radius 3 is 2.74 bits per heavy atom. The van der Waals surface area contributed by atoms with Crippen LogP contribution in [-0.4, -0.2) is 37.6 Å². The minimum Gasteiger partial charge on any atom is -0.323 e. The standard InChI is InChI=1S/C16H27N3/c1-11(2)13-6-5-12(3)14(9-13)16(17)15-10-18-7-8-19(15)4/h5-6,9,11,15-16,18H,7-8,10,17H2,1-4H3. The molecule has 3 nitrogen and oxygen atoms in total. The second-order valence-electron chi connectivity index (χ2n) is 6.05. The fourth-order valence-electron chi connectivity index (χ4n) is 2.81. The number of benzene rings is 1. The van der Waals surface area contributed by atoms with E-state index in [1.54, 1.807) is 0 Å². The van der Waals surface area contributed by atoms with E-state index in [-0.39, 0.29) is 6.04 Å². The minimum absolute atomic E-state index is 0.0801. The summed E-state index contributed by atoms with van der Waals surface area (Å²) in [6.45, 7) is 9.73. The fraction of sp³-hybridized carbons (Fsp3) is 0.625. The summed E-state index contributed by atoms with van der Waals surface area (Å²) < 4.78 is 0. The van der Waals surface area contributed by atoms with Crippen LogP contribution in [0.3, 0.4) is 0 Å². The lowest BCUT2D eigenvalue weighted by Crippen LogP contribution is -2.53. The molecule has 2 unspecified atom stereocenters. The number of nitrogens with zero attached hydrogens (tertiary/aromatic N) is 1. The van der Waals surface area contributed by atoms with Gasteiger partial charge in [0.25, 0.3) is 0 Å². The number of aryl methyl sites for hydroxylation is 1. The first-order valence-electron chi connectivity index (χ1n) is 7.27. The Bertz CT molecular complexity index is 428. The molecule has 1 heterocycles. The van der Waals surface area contributed by atoms with Gasteiger partial charge < -0.3 is 11.1 Å². The smallest absolute Gasteiger partial charge is 0.0468 e. The van der Waals surface area contributed by atoms with E-state index in [1.807, 2.05) is 0 Å². The monoisotopic (exact) mass is 261 g/mol. The molecule has 0 amide bonds. The van der Waals surface area contributed by atoms with Crippen molar-refractivity contribution in [2.75, 3.05) is 26.7 Å². The maximum Gasteiger partial charge on any atom is 0.0468 e. The molecule has 2 rings (SSSR count). The summed E-state index contributed by atoms with van der Waals surface area (Å²) in [6, 6.07) is 7.19. The van der Waals surface area contributed by atoms with Gasteiger partial charge in [0.15, 0.2) is 0 Å². The lowest BCUT2D eigenvalue weighted by Gasteiger charge is -2.37. The average molecular weight is 261 g/mol. The Morgan fingerprint density at radius 1 is 1.37 bits per heavy atom. The van der Waals surface area contributed by atoms with Gasteiger partial charge in [0.2, 0.25) is 0 Å². The fourth-order valence-corrected chi connectivity index (χ4v) is 2.81. The predicted molar refractivity (Wildman–Crippen MR) is 81.5 cm³/mol. The van der Waals surface area contributed by atoms with Crippen molar-refractivity contribution in [1.82, 2.24) is 10.2 Å². The number of piperazine rings is 1. The second-order valence-corrected chi connectivity index (χ2v) is 6.05. The largest absolute Gasteiger partial charge is 0.323 e. The van der Waals surface area contributed by atoms with Crippen LogP contribution in [0, 0.1) is 6.92 Å². The third-order valence-corrected chi connectivity index (χ3v) is 4.30.